The van der Waals surface area contributed by atoms with Gasteiger partial charge in [0.1, 0.15) is 10.6 Å². The van der Waals surface area contributed by atoms with Gasteiger partial charge in [-0.3, -0.25) is 4.79 Å². The first-order chi connectivity index (χ1) is 13.2. The summed E-state index contributed by atoms with van der Waals surface area (Å²) in [4.78, 5) is 14.1. The molecule has 154 valence electrons. The topological polar surface area (TPSA) is 92.5 Å². The minimum atomic E-state index is -3.65. The molecule has 1 aliphatic heterocycles. The molecule has 0 spiro atoms. The first kappa shape index (κ1) is 21.0. The first-order valence-electron chi connectivity index (χ1n) is 9.48. The number of hydrogen-bond donors (Lipinski definition) is 1. The fourth-order valence-corrected chi connectivity index (χ4v) is 6.35. The van der Waals surface area contributed by atoms with E-state index < -0.39 is 10.0 Å². The van der Waals surface area contributed by atoms with Gasteiger partial charge < -0.3 is 9.84 Å². The Bertz CT molecular complexity index is 892. The Morgan fingerprint density at radius 1 is 1.32 bits per heavy atom. The van der Waals surface area contributed by atoms with Gasteiger partial charge >= 0.3 is 0 Å². The lowest BCUT2D eigenvalue weighted by atomic mass is 9.95. The fraction of sp³-hybridized carbons (Fsp3) is 0.579. The predicted molar refractivity (Wildman–Crippen MR) is 108 cm³/mol. The third-order valence-electron chi connectivity index (χ3n) is 5.20. The van der Waals surface area contributed by atoms with Gasteiger partial charge in [0, 0.05) is 23.9 Å². The zero-order valence-electron chi connectivity index (χ0n) is 16.6. The summed E-state index contributed by atoms with van der Waals surface area (Å²) in [6, 6.07) is 4.00. The van der Waals surface area contributed by atoms with Crippen molar-refractivity contribution in [2.45, 2.75) is 51.5 Å². The van der Waals surface area contributed by atoms with Crippen LogP contribution in [0.4, 0.5) is 0 Å². The molecule has 0 bridgehead atoms. The summed E-state index contributed by atoms with van der Waals surface area (Å²) < 4.78 is 32.3. The highest BCUT2D eigenvalue weighted by molar-refractivity contribution is 7.89. The van der Waals surface area contributed by atoms with E-state index in [1.54, 1.807) is 25.2 Å². The van der Waals surface area contributed by atoms with Crippen molar-refractivity contribution >= 4 is 27.3 Å². The van der Waals surface area contributed by atoms with Crippen molar-refractivity contribution in [3.8, 4) is 0 Å². The maximum absolute atomic E-state index is 12.9. The number of aromatic nitrogens is 1. The first-order valence-corrected chi connectivity index (χ1v) is 11.8. The van der Waals surface area contributed by atoms with Crippen LogP contribution in [-0.4, -0.2) is 36.9 Å². The third-order valence-corrected chi connectivity index (χ3v) is 8.30. The van der Waals surface area contributed by atoms with Crippen molar-refractivity contribution in [3.05, 3.63) is 33.8 Å². The van der Waals surface area contributed by atoms with Gasteiger partial charge in [0.25, 0.3) is 0 Å². The molecule has 1 aliphatic rings. The fourth-order valence-electron chi connectivity index (χ4n) is 3.64. The standard InChI is InChI=1S/C19H27N3O4S2/c1-12(2)17(16-6-5-11-27-16)20-19(23)15-7-9-22(10-8-15)28(24,25)18-13(3)21-26-14(18)4/h5-6,11-12,15,17H,7-10H2,1-4H3,(H,20,23)/t17-/m1/s1. The van der Waals surface area contributed by atoms with Crippen molar-refractivity contribution in [3.63, 3.8) is 0 Å². The largest absolute Gasteiger partial charge is 0.360 e. The minimum absolute atomic E-state index is 0.00138. The van der Waals surface area contributed by atoms with E-state index in [1.807, 2.05) is 17.5 Å². The Morgan fingerprint density at radius 2 is 2.00 bits per heavy atom. The Morgan fingerprint density at radius 3 is 2.50 bits per heavy atom. The Balaban J connectivity index is 1.64. The predicted octanol–water partition coefficient (Wildman–Crippen LogP) is 3.27. The number of carbonyl (C=O) groups is 1. The normalized spacial score (nSPS) is 17.8. The number of piperidine rings is 1. The molecule has 0 aliphatic carbocycles. The van der Waals surface area contributed by atoms with E-state index >= 15 is 0 Å². The smallest absolute Gasteiger partial charge is 0.248 e. The number of nitrogens with one attached hydrogen (secondary N) is 1. The number of sulfonamides is 1. The van der Waals surface area contributed by atoms with E-state index in [-0.39, 0.29) is 28.7 Å². The van der Waals surface area contributed by atoms with Gasteiger partial charge in [-0.15, -0.1) is 11.3 Å². The second-order valence-electron chi connectivity index (χ2n) is 7.58. The number of amides is 1. The molecule has 3 rings (SSSR count). The molecule has 0 saturated carbocycles. The summed E-state index contributed by atoms with van der Waals surface area (Å²) in [6.45, 7) is 8.03. The Hall–Kier alpha value is -1.71. The molecule has 2 aromatic rings. The summed E-state index contributed by atoms with van der Waals surface area (Å²) in [7, 11) is -3.65. The summed E-state index contributed by atoms with van der Waals surface area (Å²) in [5.74, 6) is 0.398. The van der Waals surface area contributed by atoms with Crippen LogP contribution >= 0.6 is 11.3 Å². The summed E-state index contributed by atoms with van der Waals surface area (Å²) in [5.41, 5.74) is 0.369. The molecule has 0 aromatic carbocycles. The molecule has 1 atom stereocenters. The zero-order chi connectivity index (χ0) is 20.5. The molecule has 1 saturated heterocycles. The van der Waals surface area contributed by atoms with Gasteiger partial charge in [-0.1, -0.05) is 25.1 Å². The molecule has 1 amide bonds. The highest BCUT2D eigenvalue weighted by atomic mass is 32.2. The molecule has 28 heavy (non-hydrogen) atoms. The van der Waals surface area contributed by atoms with Gasteiger partial charge in [-0.2, -0.15) is 4.31 Å². The summed E-state index contributed by atoms with van der Waals surface area (Å²) >= 11 is 1.64. The molecule has 2 aromatic heterocycles. The highest BCUT2D eigenvalue weighted by Gasteiger charge is 2.36. The molecule has 7 nitrogen and oxygen atoms in total. The summed E-state index contributed by atoms with van der Waals surface area (Å²) in [6.07, 6.45) is 1.01. The lowest BCUT2D eigenvalue weighted by molar-refractivity contribution is -0.127. The molecule has 0 unspecified atom stereocenters. The molecular formula is C19H27N3O4S2. The van der Waals surface area contributed by atoms with Crippen LogP contribution in [0, 0.1) is 25.7 Å². The highest BCUT2D eigenvalue weighted by Crippen LogP contribution is 2.30. The second-order valence-corrected chi connectivity index (χ2v) is 10.4. The van der Waals surface area contributed by atoms with Gasteiger partial charge in [0.15, 0.2) is 5.76 Å². The van der Waals surface area contributed by atoms with E-state index in [9.17, 15) is 13.2 Å². The number of hydrogen-bond acceptors (Lipinski definition) is 6. The van der Waals surface area contributed by atoms with Crippen LogP contribution in [0.15, 0.2) is 26.9 Å². The van der Waals surface area contributed by atoms with Crippen molar-refractivity contribution in [1.29, 1.82) is 0 Å². The number of rotatable bonds is 6. The average molecular weight is 426 g/mol. The van der Waals surface area contributed by atoms with Crippen molar-refractivity contribution in [1.82, 2.24) is 14.8 Å². The molecular weight excluding hydrogens is 398 g/mol. The Labute approximate surface area is 170 Å². The van der Waals surface area contributed by atoms with Crippen molar-refractivity contribution < 1.29 is 17.7 Å². The quantitative estimate of drug-likeness (QED) is 0.767. The Kier molecular flexibility index (Phi) is 6.26. The molecule has 3 heterocycles. The minimum Gasteiger partial charge on any atom is -0.360 e. The SMILES string of the molecule is Cc1noc(C)c1S(=O)(=O)N1CCC(C(=O)N[C@@H](c2cccs2)C(C)C)CC1. The maximum Gasteiger partial charge on any atom is 0.248 e. The number of carbonyl (C=O) groups excluding carboxylic acids is 1. The van der Waals surface area contributed by atoms with E-state index in [2.05, 4.69) is 24.3 Å². The number of aryl methyl sites for hydroxylation is 2. The van der Waals surface area contributed by atoms with Crippen LogP contribution in [0.25, 0.3) is 0 Å². The van der Waals surface area contributed by atoms with E-state index in [0.717, 1.165) is 4.88 Å². The van der Waals surface area contributed by atoms with Crippen LogP contribution in [0.5, 0.6) is 0 Å². The lowest BCUT2D eigenvalue weighted by Gasteiger charge is -2.32. The van der Waals surface area contributed by atoms with Crippen LogP contribution in [0.1, 0.15) is 49.1 Å². The molecule has 0 radical (unpaired) electrons. The molecule has 1 fully saturated rings. The van der Waals surface area contributed by atoms with Crippen molar-refractivity contribution in [2.75, 3.05) is 13.1 Å². The van der Waals surface area contributed by atoms with Crippen LogP contribution in [0.2, 0.25) is 0 Å². The molecule has 1 N–H and O–H groups in total. The van der Waals surface area contributed by atoms with E-state index in [4.69, 9.17) is 4.52 Å². The molecule has 9 heteroatoms. The average Bonchev–Trinajstić information content (AvgIpc) is 3.29. The zero-order valence-corrected chi connectivity index (χ0v) is 18.3. The maximum atomic E-state index is 12.9. The summed E-state index contributed by atoms with van der Waals surface area (Å²) in [5, 5.41) is 8.93. The third kappa shape index (κ3) is 4.16. The lowest BCUT2D eigenvalue weighted by Crippen LogP contribution is -2.44. The van der Waals surface area contributed by atoms with Gasteiger partial charge in [-0.05, 0) is 44.1 Å². The van der Waals surface area contributed by atoms with Crippen LogP contribution in [0.3, 0.4) is 0 Å². The van der Waals surface area contributed by atoms with Crippen LogP contribution < -0.4 is 5.32 Å². The number of thiophene rings is 1. The van der Waals surface area contributed by atoms with E-state index in [1.165, 1.54) is 4.31 Å². The monoisotopic (exact) mass is 425 g/mol. The van der Waals surface area contributed by atoms with Crippen LogP contribution in [-0.2, 0) is 14.8 Å². The van der Waals surface area contributed by atoms with Crippen molar-refractivity contribution in [2.24, 2.45) is 11.8 Å². The number of nitrogens with zero attached hydrogens (tertiary/aromatic N) is 2. The van der Waals surface area contributed by atoms with Gasteiger partial charge in [-0.25, -0.2) is 8.42 Å². The van der Waals surface area contributed by atoms with E-state index in [0.29, 0.717) is 37.4 Å². The second kappa shape index (κ2) is 8.34. The van der Waals surface area contributed by atoms with Gasteiger partial charge in [0.2, 0.25) is 15.9 Å². The van der Waals surface area contributed by atoms with Gasteiger partial charge in [0.05, 0.1) is 6.04 Å².